The number of methoxy groups -OCH3 is 1. The quantitative estimate of drug-likeness (QED) is 0.670. The summed E-state index contributed by atoms with van der Waals surface area (Å²) in [6, 6.07) is 0.228. The van der Waals surface area contributed by atoms with Gasteiger partial charge in [-0.2, -0.15) is 0 Å². The van der Waals surface area contributed by atoms with Gasteiger partial charge in [-0.3, -0.25) is 4.79 Å². The van der Waals surface area contributed by atoms with Crippen LogP contribution in [0.3, 0.4) is 0 Å². The Hall–Kier alpha value is -0.940. The number of aromatic nitrogens is 1. The first-order valence-corrected chi connectivity index (χ1v) is 8.91. The molecule has 0 amide bonds. The fourth-order valence-corrected chi connectivity index (χ4v) is 4.13. The molecule has 2 aliphatic rings. The number of thiazole rings is 1. The van der Waals surface area contributed by atoms with E-state index < -0.39 is 0 Å². The number of carbonyl (C=O) groups excluding carboxylic acids is 1. The lowest BCUT2D eigenvalue weighted by atomic mass is 9.95. The molecule has 2 fully saturated rings. The average molecular weight is 308 g/mol. The van der Waals surface area contributed by atoms with Crippen LogP contribution in [0.15, 0.2) is 5.38 Å². The third kappa shape index (κ3) is 3.83. The number of hydrogen-bond acceptors (Lipinski definition) is 5. The molecule has 0 spiro atoms. The van der Waals surface area contributed by atoms with Gasteiger partial charge < -0.3 is 10.1 Å². The van der Waals surface area contributed by atoms with Gasteiger partial charge >= 0.3 is 5.97 Å². The predicted octanol–water partition coefficient (Wildman–Crippen LogP) is 3.23. The summed E-state index contributed by atoms with van der Waals surface area (Å²) in [5.41, 5.74) is 1.12. The second kappa shape index (κ2) is 6.88. The van der Waals surface area contributed by atoms with Gasteiger partial charge in [-0.15, -0.1) is 11.3 Å². The zero-order chi connectivity index (χ0) is 14.7. The number of nitrogens with zero attached hydrogens (tertiary/aromatic N) is 1. The van der Waals surface area contributed by atoms with Crippen molar-refractivity contribution in [2.75, 3.05) is 7.11 Å². The van der Waals surface area contributed by atoms with Gasteiger partial charge in [0.25, 0.3) is 0 Å². The minimum Gasteiger partial charge on any atom is -0.469 e. The van der Waals surface area contributed by atoms with Crippen molar-refractivity contribution in [3.8, 4) is 0 Å². The van der Waals surface area contributed by atoms with Gasteiger partial charge in [-0.25, -0.2) is 4.98 Å². The molecule has 4 nitrogen and oxygen atoms in total. The van der Waals surface area contributed by atoms with Crippen LogP contribution in [0.25, 0.3) is 0 Å². The molecule has 5 heteroatoms. The highest BCUT2D eigenvalue weighted by Crippen LogP contribution is 2.41. The molecule has 1 aromatic rings. The van der Waals surface area contributed by atoms with Crippen molar-refractivity contribution < 1.29 is 9.53 Å². The number of nitrogens with one attached hydrogen (secondary N) is 1. The molecule has 2 aliphatic carbocycles. The zero-order valence-corrected chi connectivity index (χ0v) is 13.5. The van der Waals surface area contributed by atoms with Crippen molar-refractivity contribution >= 4 is 17.3 Å². The second-order valence-electron chi connectivity index (χ2n) is 6.21. The number of esters is 1. The van der Waals surface area contributed by atoms with Crippen LogP contribution in [0.2, 0.25) is 0 Å². The van der Waals surface area contributed by atoms with E-state index in [1.54, 1.807) is 11.3 Å². The predicted molar refractivity (Wildman–Crippen MR) is 83.3 cm³/mol. The summed E-state index contributed by atoms with van der Waals surface area (Å²) in [6.07, 6.45) is 8.12. The van der Waals surface area contributed by atoms with Gasteiger partial charge in [0, 0.05) is 23.9 Å². The first-order chi connectivity index (χ1) is 10.3. The Morgan fingerprint density at radius 1 is 1.33 bits per heavy atom. The van der Waals surface area contributed by atoms with Crippen molar-refractivity contribution in [2.24, 2.45) is 5.92 Å². The fraction of sp³-hybridized carbons (Fsp3) is 0.750. The summed E-state index contributed by atoms with van der Waals surface area (Å²) in [6.45, 7) is 0.765. The van der Waals surface area contributed by atoms with E-state index in [0.29, 0.717) is 0 Å². The Kier molecular flexibility index (Phi) is 4.91. The van der Waals surface area contributed by atoms with E-state index in [4.69, 9.17) is 9.72 Å². The highest BCUT2D eigenvalue weighted by Gasteiger charge is 2.30. The van der Waals surface area contributed by atoms with Crippen molar-refractivity contribution in [1.29, 1.82) is 0 Å². The minimum atomic E-state index is -0.0636. The summed E-state index contributed by atoms with van der Waals surface area (Å²) < 4.78 is 4.98. The van der Waals surface area contributed by atoms with Gasteiger partial charge in [0.2, 0.25) is 0 Å². The van der Waals surface area contributed by atoms with Crippen LogP contribution in [0.5, 0.6) is 0 Å². The van der Waals surface area contributed by atoms with Crippen LogP contribution in [0.1, 0.15) is 61.6 Å². The fourth-order valence-electron chi connectivity index (χ4n) is 3.14. The Morgan fingerprint density at radius 3 is 2.90 bits per heavy atom. The summed E-state index contributed by atoms with van der Waals surface area (Å²) in [5, 5.41) is 7.01. The summed E-state index contributed by atoms with van der Waals surface area (Å²) in [5.74, 6) is 0.662. The Balaban J connectivity index is 1.58. The molecule has 3 rings (SSSR count). The first-order valence-electron chi connectivity index (χ1n) is 8.03. The van der Waals surface area contributed by atoms with E-state index >= 15 is 0 Å². The van der Waals surface area contributed by atoms with Crippen LogP contribution < -0.4 is 5.32 Å². The summed E-state index contributed by atoms with van der Waals surface area (Å²) in [4.78, 5) is 16.7. The van der Waals surface area contributed by atoms with Crippen molar-refractivity contribution in [3.05, 3.63) is 16.1 Å². The molecule has 1 aromatic heterocycles. The molecule has 1 heterocycles. The van der Waals surface area contributed by atoms with Gasteiger partial charge in [0.05, 0.1) is 23.7 Å². The highest BCUT2D eigenvalue weighted by molar-refractivity contribution is 7.09. The minimum absolute atomic E-state index is 0.000891. The SMILES string of the molecule is COC(=O)[C@@H]1CCCCC[C@@H]1NCc1csc(C2CC2)n1. The highest BCUT2D eigenvalue weighted by atomic mass is 32.1. The molecule has 2 saturated carbocycles. The standard InChI is InChI=1S/C16H24N2O2S/c1-20-16(19)13-5-3-2-4-6-14(13)17-9-12-10-21-15(18-12)11-7-8-11/h10-11,13-14,17H,2-9H2,1H3/t13-,14+/m1/s1. The monoisotopic (exact) mass is 308 g/mol. The molecular weight excluding hydrogens is 284 g/mol. The number of rotatable bonds is 5. The first kappa shape index (κ1) is 15.0. The molecule has 0 radical (unpaired) electrons. The molecular formula is C16H24N2O2S. The van der Waals surface area contributed by atoms with Gasteiger partial charge in [0.15, 0.2) is 0 Å². The van der Waals surface area contributed by atoms with E-state index in [1.807, 2.05) is 0 Å². The Bertz CT molecular complexity index is 484. The van der Waals surface area contributed by atoms with Crippen LogP contribution >= 0.6 is 11.3 Å². The van der Waals surface area contributed by atoms with Crippen molar-refractivity contribution in [1.82, 2.24) is 10.3 Å². The Labute approximate surface area is 130 Å². The molecule has 116 valence electrons. The molecule has 0 saturated heterocycles. The molecule has 0 unspecified atom stereocenters. The third-order valence-corrected chi connectivity index (χ3v) is 5.62. The van der Waals surface area contributed by atoms with Crippen LogP contribution in [0, 0.1) is 5.92 Å². The normalized spacial score (nSPS) is 26.3. The van der Waals surface area contributed by atoms with E-state index in [2.05, 4.69) is 10.7 Å². The maximum absolute atomic E-state index is 12.0. The topological polar surface area (TPSA) is 51.2 Å². The summed E-state index contributed by atoms with van der Waals surface area (Å²) >= 11 is 1.78. The van der Waals surface area contributed by atoms with Crippen LogP contribution in [-0.2, 0) is 16.1 Å². The lowest BCUT2D eigenvalue weighted by Crippen LogP contribution is -2.39. The molecule has 0 bridgehead atoms. The number of carbonyl (C=O) groups is 1. The molecule has 1 N–H and O–H groups in total. The maximum atomic E-state index is 12.0. The molecule has 0 aromatic carbocycles. The van der Waals surface area contributed by atoms with Crippen molar-refractivity contribution in [3.63, 3.8) is 0 Å². The van der Waals surface area contributed by atoms with E-state index in [0.717, 1.165) is 37.4 Å². The van der Waals surface area contributed by atoms with E-state index in [1.165, 1.54) is 37.8 Å². The van der Waals surface area contributed by atoms with E-state index in [9.17, 15) is 4.79 Å². The molecule has 21 heavy (non-hydrogen) atoms. The van der Waals surface area contributed by atoms with Gasteiger partial charge in [-0.1, -0.05) is 19.3 Å². The second-order valence-corrected chi connectivity index (χ2v) is 7.10. The van der Waals surface area contributed by atoms with Gasteiger partial charge in [-0.05, 0) is 25.7 Å². The maximum Gasteiger partial charge on any atom is 0.310 e. The number of hydrogen-bond donors (Lipinski definition) is 1. The lowest BCUT2D eigenvalue weighted by molar-refractivity contribution is -0.146. The number of ether oxygens (including phenoxy) is 1. The largest absolute Gasteiger partial charge is 0.469 e. The lowest BCUT2D eigenvalue weighted by Gasteiger charge is -2.23. The smallest absolute Gasteiger partial charge is 0.310 e. The van der Waals surface area contributed by atoms with Crippen LogP contribution in [-0.4, -0.2) is 24.1 Å². The third-order valence-electron chi connectivity index (χ3n) is 4.56. The van der Waals surface area contributed by atoms with Crippen LogP contribution in [0.4, 0.5) is 0 Å². The Morgan fingerprint density at radius 2 is 2.14 bits per heavy atom. The molecule has 0 aliphatic heterocycles. The van der Waals surface area contributed by atoms with Gasteiger partial charge in [0.1, 0.15) is 0 Å². The zero-order valence-electron chi connectivity index (χ0n) is 12.6. The average Bonchev–Trinajstić information content (AvgIpc) is 3.29. The molecule has 2 atom stereocenters. The summed E-state index contributed by atoms with van der Waals surface area (Å²) in [7, 11) is 1.49. The van der Waals surface area contributed by atoms with Crippen molar-refractivity contribution in [2.45, 2.75) is 63.5 Å². The van der Waals surface area contributed by atoms with E-state index in [-0.39, 0.29) is 17.9 Å².